The van der Waals surface area contributed by atoms with E-state index in [1.54, 1.807) is 0 Å². The molecule has 0 saturated carbocycles. The van der Waals surface area contributed by atoms with Crippen molar-refractivity contribution in [3.8, 4) is 56.2 Å². The number of phenols is 1. The second-order valence-corrected chi connectivity index (χ2v) is 19.1. The quantitative estimate of drug-likeness (QED) is 0.175. The monoisotopic (exact) mass is 955 g/mol. The van der Waals surface area contributed by atoms with Gasteiger partial charge >= 0.3 is 0 Å². The largest absolute Gasteiger partial charge is 0.507 e. The summed E-state index contributed by atoms with van der Waals surface area (Å²) < 4.78 is 2.23. The molecule has 0 unspecified atom stereocenters. The van der Waals surface area contributed by atoms with E-state index in [0.717, 1.165) is 72.1 Å². The number of benzene rings is 6. The molecule has 0 atom stereocenters. The van der Waals surface area contributed by atoms with Crippen LogP contribution >= 0.6 is 0 Å². The number of hydrogen-bond acceptors (Lipinski definition) is 3. The van der Waals surface area contributed by atoms with Crippen molar-refractivity contribution in [3.05, 3.63) is 155 Å². The Morgan fingerprint density at radius 3 is 1.78 bits per heavy atom. The Kier molecular flexibility index (Phi) is 10.9. The second-order valence-electron chi connectivity index (χ2n) is 19.1. The van der Waals surface area contributed by atoms with Crippen molar-refractivity contribution in [3.63, 3.8) is 0 Å². The third kappa shape index (κ3) is 8.05. The molecule has 0 aliphatic carbocycles. The first-order valence-electron chi connectivity index (χ1n) is 20.4. The Hall–Kier alpha value is -5.31. The number of aromatic hydroxyl groups is 1. The summed E-state index contributed by atoms with van der Waals surface area (Å²) in [4.78, 5) is 10.4. The van der Waals surface area contributed by atoms with Gasteiger partial charge in [0, 0.05) is 38.5 Å². The average Bonchev–Trinajstić information content (AvgIpc) is 3.55. The van der Waals surface area contributed by atoms with Gasteiger partial charge in [0.1, 0.15) is 11.6 Å². The number of aryl methyl sites for hydroxylation is 2. The van der Waals surface area contributed by atoms with E-state index in [4.69, 9.17) is 9.97 Å². The number of phenolic OH excluding ortho intramolecular Hbond substituents is 1. The molecule has 2 aromatic heterocycles. The topological polar surface area (TPSA) is 50.9 Å². The summed E-state index contributed by atoms with van der Waals surface area (Å²) in [6.07, 6.45) is 1.89. The van der Waals surface area contributed by atoms with Crippen molar-refractivity contribution in [1.29, 1.82) is 0 Å². The van der Waals surface area contributed by atoms with Crippen molar-refractivity contribution in [2.45, 2.75) is 92.4 Å². The van der Waals surface area contributed by atoms with Crippen molar-refractivity contribution < 1.29 is 26.2 Å². The molecule has 0 radical (unpaired) electrons. The van der Waals surface area contributed by atoms with E-state index in [2.05, 4.69) is 190 Å². The van der Waals surface area contributed by atoms with Crippen LogP contribution < -0.4 is 0 Å². The van der Waals surface area contributed by atoms with Gasteiger partial charge < -0.3 is 5.11 Å². The van der Waals surface area contributed by atoms with Gasteiger partial charge in [-0.05, 0) is 98.3 Å². The Labute approximate surface area is 364 Å². The van der Waals surface area contributed by atoms with E-state index in [1.165, 1.54) is 16.7 Å². The van der Waals surface area contributed by atoms with Crippen molar-refractivity contribution >= 4 is 21.9 Å². The van der Waals surface area contributed by atoms with Gasteiger partial charge in [0.05, 0.1) is 16.6 Å². The predicted octanol–water partition coefficient (Wildman–Crippen LogP) is 14.3. The summed E-state index contributed by atoms with van der Waals surface area (Å²) >= 11 is 0. The number of para-hydroxylation sites is 1. The zero-order valence-corrected chi connectivity index (χ0v) is 38.4. The maximum absolute atomic E-state index is 11.7. The van der Waals surface area contributed by atoms with Gasteiger partial charge in [-0.2, -0.15) is 0 Å². The fourth-order valence-corrected chi connectivity index (χ4v) is 7.98. The molecule has 8 aromatic rings. The first kappa shape index (κ1) is 41.8. The minimum absolute atomic E-state index is 0. The molecular formula is C54H54N3OPt-. The summed E-state index contributed by atoms with van der Waals surface area (Å²) in [6, 6.07) is 45.0. The van der Waals surface area contributed by atoms with Gasteiger partial charge in [-0.15, -0.1) is 34.9 Å². The zero-order chi connectivity index (χ0) is 41.3. The normalized spacial score (nSPS) is 12.3. The number of rotatable bonds is 5. The van der Waals surface area contributed by atoms with Gasteiger partial charge in [0.15, 0.2) is 0 Å². The Morgan fingerprint density at radius 1 is 0.559 bits per heavy atom. The van der Waals surface area contributed by atoms with Crippen LogP contribution in [0.3, 0.4) is 0 Å². The third-order valence-electron chi connectivity index (χ3n) is 11.5. The SMILES string of the molecule is Cc1cc(-c2cccc3c(C)ccnc23)[c-]c(-c2cc(-c3ccc(C(C)(C)C)cc3)cc3c2nc(-c2cc(C(C)(C)C)ccc2O)n3-c2ccc(C(C)(C)C)cc2)c1.[Pt]. The van der Waals surface area contributed by atoms with Crippen LogP contribution in [0, 0.1) is 19.9 Å². The number of aromatic nitrogens is 3. The van der Waals surface area contributed by atoms with E-state index < -0.39 is 0 Å². The smallest absolute Gasteiger partial charge is 0.148 e. The summed E-state index contributed by atoms with van der Waals surface area (Å²) in [5, 5.41) is 12.8. The van der Waals surface area contributed by atoms with Crippen LogP contribution in [0.4, 0.5) is 0 Å². The van der Waals surface area contributed by atoms with E-state index >= 15 is 0 Å². The Balaban J connectivity index is 0.00000528. The summed E-state index contributed by atoms with van der Waals surface area (Å²) in [6.45, 7) is 24.3. The van der Waals surface area contributed by atoms with Gasteiger partial charge in [0.2, 0.25) is 0 Å². The molecule has 0 bridgehead atoms. The molecule has 0 aliphatic rings. The first-order chi connectivity index (χ1) is 27.4. The molecule has 0 amide bonds. The summed E-state index contributed by atoms with van der Waals surface area (Å²) in [5.74, 6) is 0.878. The molecule has 0 fully saturated rings. The zero-order valence-electron chi connectivity index (χ0n) is 36.2. The molecule has 2 heterocycles. The van der Waals surface area contributed by atoms with Crippen LogP contribution in [0.1, 0.15) is 90.1 Å². The molecular weight excluding hydrogens is 902 g/mol. The number of nitrogens with zero attached hydrogens (tertiary/aromatic N) is 3. The summed E-state index contributed by atoms with van der Waals surface area (Å²) in [7, 11) is 0. The van der Waals surface area contributed by atoms with E-state index in [0.29, 0.717) is 11.4 Å². The molecule has 0 spiro atoms. The molecule has 59 heavy (non-hydrogen) atoms. The van der Waals surface area contributed by atoms with Gasteiger partial charge in [-0.1, -0.05) is 147 Å². The fourth-order valence-electron chi connectivity index (χ4n) is 7.98. The number of hydrogen-bond donors (Lipinski definition) is 1. The van der Waals surface area contributed by atoms with Crippen LogP contribution in [0.25, 0.3) is 72.4 Å². The molecule has 6 aromatic carbocycles. The maximum Gasteiger partial charge on any atom is 0.148 e. The minimum atomic E-state index is -0.132. The number of fused-ring (bicyclic) bond motifs is 2. The Morgan fingerprint density at radius 2 is 1.15 bits per heavy atom. The van der Waals surface area contributed by atoms with Crippen LogP contribution in [-0.4, -0.2) is 19.6 Å². The van der Waals surface area contributed by atoms with Crippen LogP contribution in [0.2, 0.25) is 0 Å². The molecule has 1 N–H and O–H groups in total. The van der Waals surface area contributed by atoms with Crippen LogP contribution in [-0.2, 0) is 37.3 Å². The Bertz CT molecular complexity index is 2840. The number of pyridine rings is 1. The molecule has 0 saturated heterocycles. The average molecular weight is 956 g/mol. The van der Waals surface area contributed by atoms with Crippen molar-refractivity contribution in [1.82, 2.24) is 14.5 Å². The molecule has 4 nitrogen and oxygen atoms in total. The second kappa shape index (κ2) is 15.4. The van der Waals surface area contributed by atoms with E-state index in [1.807, 2.05) is 18.3 Å². The van der Waals surface area contributed by atoms with E-state index in [-0.39, 0.29) is 43.1 Å². The molecule has 0 aliphatic heterocycles. The van der Waals surface area contributed by atoms with E-state index in [9.17, 15) is 5.11 Å². The summed E-state index contributed by atoms with van der Waals surface area (Å²) in [5.41, 5.74) is 16.4. The minimum Gasteiger partial charge on any atom is -0.507 e. The van der Waals surface area contributed by atoms with Gasteiger partial charge in [-0.3, -0.25) is 9.55 Å². The van der Waals surface area contributed by atoms with Crippen LogP contribution in [0.5, 0.6) is 5.75 Å². The molecule has 5 heteroatoms. The maximum atomic E-state index is 11.7. The van der Waals surface area contributed by atoms with Gasteiger partial charge in [-0.25, -0.2) is 4.98 Å². The van der Waals surface area contributed by atoms with Crippen molar-refractivity contribution in [2.75, 3.05) is 0 Å². The molecule has 8 rings (SSSR count). The van der Waals surface area contributed by atoms with Gasteiger partial charge in [0.25, 0.3) is 0 Å². The van der Waals surface area contributed by atoms with Crippen molar-refractivity contribution in [2.24, 2.45) is 0 Å². The third-order valence-corrected chi connectivity index (χ3v) is 11.5. The molecule has 302 valence electrons. The standard InChI is InChI=1S/C54H54N3O.Pt/c1-33-27-37(44-14-12-13-43-34(2)25-26-55-49(43)44)29-38(28-33)45-30-36(35-15-17-39(18-16-35)52(3,4)5)31-47-50(45)56-51(46-32-41(54(9,10)11)21-24-48(46)58)57(47)42-22-19-40(20-23-42)53(6,7)8;/h12-28,30-32,58H,1-11H3;/q-1;. The predicted molar refractivity (Wildman–Crippen MR) is 244 cm³/mol. The number of imidazole rings is 1. The van der Waals surface area contributed by atoms with Crippen LogP contribution in [0.15, 0.2) is 121 Å². The first-order valence-corrected chi connectivity index (χ1v) is 20.4. The fraction of sp³-hybridized carbons (Fsp3) is 0.259.